The molecule has 2 aliphatic heterocycles. The van der Waals surface area contributed by atoms with Gasteiger partial charge in [0, 0.05) is 31.1 Å². The zero-order valence-electron chi connectivity index (χ0n) is 26.6. The highest BCUT2D eigenvalue weighted by Crippen LogP contribution is 2.33. The number of carbonyl (C=O) groups is 5. The fourth-order valence-electron chi connectivity index (χ4n) is 6.25. The van der Waals surface area contributed by atoms with Gasteiger partial charge < -0.3 is 15.0 Å². The topological polar surface area (TPSA) is 122 Å². The molecule has 3 atom stereocenters. The van der Waals surface area contributed by atoms with Crippen LogP contribution in [0.3, 0.4) is 0 Å². The lowest BCUT2D eigenvalue weighted by Gasteiger charge is -2.39. The van der Waals surface area contributed by atoms with Crippen LogP contribution < -0.4 is 5.32 Å². The highest BCUT2D eigenvalue weighted by atomic mass is 16.5. The molecule has 2 amide bonds. The maximum absolute atomic E-state index is 13.4. The predicted octanol–water partition coefficient (Wildman–Crippen LogP) is 4.63. The third-order valence-electron chi connectivity index (χ3n) is 9.16. The molecule has 0 radical (unpaired) electrons. The maximum atomic E-state index is 13.4. The molecule has 9 nitrogen and oxygen atoms in total. The Balaban J connectivity index is 1.29. The van der Waals surface area contributed by atoms with Gasteiger partial charge in [0.1, 0.15) is 12.4 Å². The van der Waals surface area contributed by atoms with Crippen molar-refractivity contribution in [3.8, 4) is 0 Å². The van der Waals surface area contributed by atoms with Gasteiger partial charge in [-0.15, -0.1) is 0 Å². The Kier molecular flexibility index (Phi) is 11.6. The number of nitrogens with zero attached hydrogens (tertiary/aromatic N) is 2. The van der Waals surface area contributed by atoms with Crippen LogP contribution in [0.15, 0.2) is 46.5 Å². The van der Waals surface area contributed by atoms with Crippen LogP contribution in [0, 0.1) is 23.7 Å². The zero-order chi connectivity index (χ0) is 31.8. The van der Waals surface area contributed by atoms with E-state index in [1.54, 1.807) is 0 Å². The fraction of sp³-hybridized carbons (Fsp3) is 0.600. The molecule has 1 unspecified atom stereocenters. The second kappa shape index (κ2) is 15.4. The number of nitrogens with one attached hydrogen (secondary N) is 1. The number of rotatable bonds is 16. The Bertz CT molecular complexity index is 1290. The van der Waals surface area contributed by atoms with Gasteiger partial charge in [0.25, 0.3) is 5.91 Å². The number of esters is 1. The van der Waals surface area contributed by atoms with Crippen molar-refractivity contribution in [1.29, 1.82) is 0 Å². The quantitative estimate of drug-likeness (QED) is 0.217. The van der Waals surface area contributed by atoms with Crippen molar-refractivity contribution in [1.82, 2.24) is 10.2 Å². The molecule has 1 N–H and O–H groups in total. The molecule has 0 spiro atoms. The van der Waals surface area contributed by atoms with E-state index in [4.69, 9.17) is 4.74 Å². The Morgan fingerprint density at radius 2 is 1.77 bits per heavy atom. The van der Waals surface area contributed by atoms with Gasteiger partial charge in [-0.05, 0) is 60.6 Å². The molecular formula is C35H47N3O6. The second-order valence-corrected chi connectivity index (χ2v) is 13.0. The summed E-state index contributed by atoms with van der Waals surface area (Å²) in [6.45, 7) is 8.96. The molecule has 1 fully saturated rings. The van der Waals surface area contributed by atoms with E-state index in [0.717, 1.165) is 30.7 Å². The number of hydrogen-bond donors (Lipinski definition) is 1. The second-order valence-electron chi connectivity index (χ2n) is 13.0. The maximum Gasteiger partial charge on any atom is 0.306 e. The van der Waals surface area contributed by atoms with Gasteiger partial charge in [0.05, 0.1) is 24.9 Å². The minimum Gasteiger partial charge on any atom is -0.461 e. The normalized spacial score (nSPS) is 18.3. The van der Waals surface area contributed by atoms with E-state index in [-0.39, 0.29) is 49.7 Å². The van der Waals surface area contributed by atoms with Crippen LogP contribution in [-0.2, 0) is 35.3 Å². The molecule has 238 valence electrons. The molecule has 1 aromatic carbocycles. The van der Waals surface area contributed by atoms with E-state index in [1.165, 1.54) is 22.5 Å². The van der Waals surface area contributed by atoms with Crippen LogP contribution in [0.2, 0.25) is 0 Å². The lowest BCUT2D eigenvalue weighted by atomic mass is 9.88. The van der Waals surface area contributed by atoms with Crippen molar-refractivity contribution in [2.45, 2.75) is 91.7 Å². The Morgan fingerprint density at radius 3 is 2.45 bits per heavy atom. The Labute approximate surface area is 260 Å². The number of ether oxygens (including phenoxy) is 1. The summed E-state index contributed by atoms with van der Waals surface area (Å²) < 4.78 is 5.41. The van der Waals surface area contributed by atoms with E-state index >= 15 is 0 Å². The molecule has 1 aromatic rings. The molecular weight excluding hydrogens is 558 g/mol. The predicted molar refractivity (Wildman–Crippen MR) is 168 cm³/mol. The SMILES string of the molecule is CC[C@H](C)C(NC(=O)[C@@H](CC(=O)OCc1ccccc1)CC(C)C)C(=O)C(=O)N1CC(C(=O)CCC2=NCC3=C2CCC3)C1. The minimum absolute atomic E-state index is 0.0960. The Hall–Kier alpha value is -3.62. The number of carbonyl (C=O) groups excluding carboxylic acids is 5. The van der Waals surface area contributed by atoms with E-state index in [2.05, 4.69) is 10.3 Å². The highest BCUT2D eigenvalue weighted by Gasteiger charge is 2.41. The summed E-state index contributed by atoms with van der Waals surface area (Å²) in [4.78, 5) is 71.6. The van der Waals surface area contributed by atoms with Gasteiger partial charge in [0.15, 0.2) is 0 Å². The van der Waals surface area contributed by atoms with E-state index in [0.29, 0.717) is 25.7 Å². The number of aliphatic imine (C=N–C) groups is 1. The standard InChI is InChI=1S/C35H47N3O6/c1-5-23(4)32(37-34(42)26(16-22(2)3)17-31(40)44-21-24-10-7-6-8-11-24)33(41)35(43)38-19-27(20-38)30(39)15-14-29-28-13-9-12-25(28)18-36-29/h6-8,10-11,22-23,26-27,32H,5,9,12-21H2,1-4H3,(H,37,42)/t23-,26+,32?/m0/s1. The van der Waals surface area contributed by atoms with Gasteiger partial charge >= 0.3 is 5.97 Å². The number of likely N-dealkylation sites (tertiary alicyclic amines) is 1. The van der Waals surface area contributed by atoms with Gasteiger partial charge in [-0.1, -0.05) is 64.4 Å². The van der Waals surface area contributed by atoms with Crippen LogP contribution >= 0.6 is 0 Å². The summed E-state index contributed by atoms with van der Waals surface area (Å²) in [5, 5.41) is 2.81. The number of Topliss-reactive ketones (excluding diaryl/α,β-unsaturated/α-hetero) is 2. The van der Waals surface area contributed by atoms with Crippen molar-refractivity contribution in [2.75, 3.05) is 19.6 Å². The average Bonchev–Trinajstić information content (AvgIpc) is 3.60. The number of allylic oxidation sites excluding steroid dienone is 1. The van der Waals surface area contributed by atoms with Crippen molar-refractivity contribution in [3.63, 3.8) is 0 Å². The summed E-state index contributed by atoms with van der Waals surface area (Å²) in [6.07, 6.45) is 5.26. The molecule has 4 rings (SSSR count). The molecule has 1 saturated heterocycles. The molecule has 0 aromatic heterocycles. The third kappa shape index (κ3) is 8.51. The summed E-state index contributed by atoms with van der Waals surface area (Å²) in [6, 6.07) is 8.30. The van der Waals surface area contributed by atoms with Crippen molar-refractivity contribution < 1.29 is 28.7 Å². The summed E-state index contributed by atoms with van der Waals surface area (Å²) in [5.41, 5.74) is 4.70. The van der Waals surface area contributed by atoms with Crippen LogP contribution in [-0.4, -0.2) is 65.6 Å². The molecule has 2 heterocycles. The van der Waals surface area contributed by atoms with E-state index in [9.17, 15) is 24.0 Å². The van der Waals surface area contributed by atoms with Crippen LogP contribution in [0.4, 0.5) is 0 Å². The molecule has 44 heavy (non-hydrogen) atoms. The van der Waals surface area contributed by atoms with Crippen molar-refractivity contribution >= 4 is 35.1 Å². The highest BCUT2D eigenvalue weighted by molar-refractivity contribution is 6.38. The first-order valence-corrected chi connectivity index (χ1v) is 16.2. The van der Waals surface area contributed by atoms with Gasteiger partial charge in [-0.2, -0.15) is 0 Å². The van der Waals surface area contributed by atoms with Crippen LogP contribution in [0.1, 0.15) is 84.6 Å². The molecule has 9 heteroatoms. The average molecular weight is 606 g/mol. The molecule has 1 aliphatic carbocycles. The lowest BCUT2D eigenvalue weighted by molar-refractivity contribution is -0.153. The smallest absolute Gasteiger partial charge is 0.306 e. The fourth-order valence-corrected chi connectivity index (χ4v) is 6.25. The summed E-state index contributed by atoms with van der Waals surface area (Å²) in [5.74, 6) is -3.33. The number of benzene rings is 1. The lowest BCUT2D eigenvalue weighted by Crippen LogP contribution is -2.59. The largest absolute Gasteiger partial charge is 0.461 e. The van der Waals surface area contributed by atoms with Gasteiger partial charge in [-0.25, -0.2) is 0 Å². The molecule has 0 saturated carbocycles. The van der Waals surface area contributed by atoms with Crippen molar-refractivity contribution in [3.05, 3.63) is 47.0 Å². The van der Waals surface area contributed by atoms with Crippen LogP contribution in [0.25, 0.3) is 0 Å². The Morgan fingerprint density at radius 1 is 1.05 bits per heavy atom. The number of amides is 2. The van der Waals surface area contributed by atoms with E-state index in [1.807, 2.05) is 58.0 Å². The molecule has 3 aliphatic rings. The molecule has 0 bridgehead atoms. The monoisotopic (exact) mass is 605 g/mol. The van der Waals surface area contributed by atoms with E-state index < -0.39 is 35.5 Å². The number of ketones is 2. The van der Waals surface area contributed by atoms with Gasteiger partial charge in [0.2, 0.25) is 11.7 Å². The first kappa shape index (κ1) is 33.3. The number of hydrogen-bond acceptors (Lipinski definition) is 7. The van der Waals surface area contributed by atoms with Crippen molar-refractivity contribution in [2.24, 2.45) is 28.7 Å². The summed E-state index contributed by atoms with van der Waals surface area (Å²) in [7, 11) is 0. The first-order chi connectivity index (χ1) is 21.1. The zero-order valence-corrected chi connectivity index (χ0v) is 26.6. The third-order valence-corrected chi connectivity index (χ3v) is 9.16. The minimum atomic E-state index is -1.01. The summed E-state index contributed by atoms with van der Waals surface area (Å²) >= 11 is 0. The first-order valence-electron chi connectivity index (χ1n) is 16.2. The van der Waals surface area contributed by atoms with Gasteiger partial charge in [-0.3, -0.25) is 29.0 Å². The van der Waals surface area contributed by atoms with Crippen LogP contribution in [0.5, 0.6) is 0 Å².